The molecule has 28 heavy (non-hydrogen) atoms. The maximum absolute atomic E-state index is 12.3. The third-order valence-electron chi connectivity index (χ3n) is 3.80. The second-order valence-electron chi connectivity index (χ2n) is 6.41. The van der Waals surface area contributed by atoms with Gasteiger partial charge < -0.3 is 5.32 Å². The van der Waals surface area contributed by atoms with Crippen molar-refractivity contribution in [3.63, 3.8) is 0 Å². The summed E-state index contributed by atoms with van der Waals surface area (Å²) in [5, 5.41) is 12.7. The van der Waals surface area contributed by atoms with Crippen molar-refractivity contribution in [2.75, 3.05) is 0 Å². The zero-order valence-electron chi connectivity index (χ0n) is 15.6. The number of rotatable bonds is 6. The van der Waals surface area contributed by atoms with Crippen molar-refractivity contribution in [1.29, 1.82) is 0 Å². The minimum absolute atomic E-state index is 0.0633. The van der Waals surface area contributed by atoms with Crippen LogP contribution in [0.3, 0.4) is 0 Å². The monoisotopic (exact) mass is 435 g/mol. The lowest BCUT2D eigenvalue weighted by Crippen LogP contribution is -2.36. The minimum atomic E-state index is -0.352. The smallest absolute Gasteiger partial charge is 0.233 e. The fourth-order valence-corrected chi connectivity index (χ4v) is 3.67. The average Bonchev–Trinajstić information content (AvgIpc) is 3.07. The van der Waals surface area contributed by atoms with Crippen molar-refractivity contribution in [3.05, 3.63) is 52.8 Å². The van der Waals surface area contributed by atoms with Crippen molar-refractivity contribution >= 4 is 40.9 Å². The Labute approximate surface area is 177 Å². The molecule has 9 heteroatoms. The lowest BCUT2D eigenvalue weighted by atomic mass is 10.2. The highest BCUT2D eigenvalue weighted by Gasteiger charge is 2.22. The molecule has 1 amide bonds. The number of nitrogens with one attached hydrogen (secondary N) is 1. The first-order chi connectivity index (χ1) is 13.4. The van der Waals surface area contributed by atoms with E-state index in [2.05, 4.69) is 20.5 Å². The Hall–Kier alpha value is -2.09. The van der Waals surface area contributed by atoms with Gasteiger partial charge >= 0.3 is 0 Å². The van der Waals surface area contributed by atoms with Crippen LogP contribution in [0.15, 0.2) is 47.9 Å². The minimum Gasteiger partial charge on any atom is -0.353 e. The number of carbonyl (C=O) groups is 1. The second-order valence-corrected chi connectivity index (χ2v) is 8.53. The standard InChI is InChI=1S/C19H19Cl2N5OS/c1-11(2)23-18(27)12(3)28-19-25-24-17(13-5-4-8-22-10-13)26(19)14-6-7-15(20)16(21)9-14/h4-12H,1-3H3,(H,23,27). The first kappa shape index (κ1) is 20.6. The predicted molar refractivity (Wildman–Crippen MR) is 113 cm³/mol. The molecule has 3 rings (SSSR count). The van der Waals surface area contributed by atoms with E-state index in [0.29, 0.717) is 21.0 Å². The number of thioether (sulfide) groups is 1. The molecule has 146 valence electrons. The highest BCUT2D eigenvalue weighted by Crippen LogP contribution is 2.32. The number of hydrogen-bond donors (Lipinski definition) is 1. The molecule has 1 unspecified atom stereocenters. The van der Waals surface area contributed by atoms with Crippen molar-refractivity contribution in [2.24, 2.45) is 0 Å². The molecule has 1 aromatic carbocycles. The zero-order chi connectivity index (χ0) is 20.3. The quantitative estimate of drug-likeness (QED) is 0.570. The summed E-state index contributed by atoms with van der Waals surface area (Å²) in [4.78, 5) is 16.5. The average molecular weight is 436 g/mol. The lowest BCUT2D eigenvalue weighted by molar-refractivity contribution is -0.120. The molecule has 0 radical (unpaired) electrons. The van der Waals surface area contributed by atoms with Crippen LogP contribution < -0.4 is 5.32 Å². The van der Waals surface area contributed by atoms with Crippen molar-refractivity contribution < 1.29 is 4.79 Å². The van der Waals surface area contributed by atoms with Crippen LogP contribution in [0.2, 0.25) is 10.0 Å². The maximum atomic E-state index is 12.3. The summed E-state index contributed by atoms with van der Waals surface area (Å²) in [7, 11) is 0. The first-order valence-electron chi connectivity index (χ1n) is 8.65. The van der Waals surface area contributed by atoms with E-state index >= 15 is 0 Å². The Bertz CT molecular complexity index is 978. The molecular formula is C19H19Cl2N5OS. The maximum Gasteiger partial charge on any atom is 0.233 e. The van der Waals surface area contributed by atoms with Gasteiger partial charge in [0.2, 0.25) is 5.91 Å². The predicted octanol–water partition coefficient (Wildman–Crippen LogP) is 4.64. The highest BCUT2D eigenvalue weighted by molar-refractivity contribution is 8.00. The molecule has 0 aliphatic rings. The van der Waals surface area contributed by atoms with E-state index in [9.17, 15) is 4.79 Å². The molecule has 0 aliphatic heterocycles. The molecule has 2 heterocycles. The van der Waals surface area contributed by atoms with Crippen LogP contribution in [0.5, 0.6) is 0 Å². The number of nitrogens with zero attached hydrogens (tertiary/aromatic N) is 4. The summed E-state index contributed by atoms with van der Waals surface area (Å²) in [6.45, 7) is 5.68. The third kappa shape index (κ3) is 4.66. The fraction of sp³-hybridized carbons (Fsp3) is 0.263. The van der Waals surface area contributed by atoms with Crippen molar-refractivity contribution in [3.8, 4) is 17.1 Å². The van der Waals surface area contributed by atoms with Crippen molar-refractivity contribution in [1.82, 2.24) is 25.1 Å². The van der Waals surface area contributed by atoms with E-state index < -0.39 is 0 Å². The van der Waals surface area contributed by atoms with Gasteiger partial charge in [-0.25, -0.2) is 0 Å². The summed E-state index contributed by atoms with van der Waals surface area (Å²) in [6.07, 6.45) is 3.40. The third-order valence-corrected chi connectivity index (χ3v) is 5.58. The Balaban J connectivity index is 2.04. The van der Waals surface area contributed by atoms with Gasteiger partial charge in [0.05, 0.1) is 21.0 Å². The van der Waals surface area contributed by atoms with Gasteiger partial charge in [0.15, 0.2) is 11.0 Å². The summed E-state index contributed by atoms with van der Waals surface area (Å²) in [5.41, 5.74) is 1.55. The summed E-state index contributed by atoms with van der Waals surface area (Å²) in [6, 6.07) is 9.09. The van der Waals surface area contributed by atoms with Crippen LogP contribution in [0, 0.1) is 0 Å². The number of hydrogen-bond acceptors (Lipinski definition) is 5. The van der Waals surface area contributed by atoms with Gasteiger partial charge in [-0.15, -0.1) is 10.2 Å². The Kier molecular flexibility index (Phi) is 6.59. The molecule has 1 atom stereocenters. The fourth-order valence-electron chi connectivity index (χ4n) is 2.50. The van der Waals surface area contributed by atoms with Crippen LogP contribution in [-0.2, 0) is 4.79 Å². The Morgan fingerprint density at radius 3 is 2.57 bits per heavy atom. The van der Waals surface area contributed by atoms with Gasteiger partial charge in [-0.1, -0.05) is 35.0 Å². The number of halogens is 2. The molecule has 3 aromatic rings. The molecule has 2 aromatic heterocycles. The number of aromatic nitrogens is 4. The summed E-state index contributed by atoms with van der Waals surface area (Å²) in [5.74, 6) is 0.539. The van der Waals surface area contributed by atoms with E-state index in [1.807, 2.05) is 43.5 Å². The number of pyridine rings is 1. The number of carbonyl (C=O) groups excluding carboxylic acids is 1. The van der Waals surface area contributed by atoms with Crippen molar-refractivity contribution in [2.45, 2.75) is 37.2 Å². The van der Waals surface area contributed by atoms with Gasteiger partial charge in [0.1, 0.15) is 0 Å². The van der Waals surface area contributed by atoms with E-state index in [-0.39, 0.29) is 17.2 Å². The van der Waals surface area contributed by atoms with Gasteiger partial charge in [-0.2, -0.15) is 0 Å². The van der Waals surface area contributed by atoms with Crippen LogP contribution in [0.1, 0.15) is 20.8 Å². The second kappa shape index (κ2) is 8.94. The van der Waals surface area contributed by atoms with E-state index in [0.717, 1.165) is 11.3 Å². The summed E-state index contributed by atoms with van der Waals surface area (Å²) < 4.78 is 1.85. The molecule has 0 saturated carbocycles. The number of benzene rings is 1. The zero-order valence-corrected chi connectivity index (χ0v) is 17.9. The molecule has 0 fully saturated rings. The van der Waals surface area contributed by atoms with E-state index in [1.165, 1.54) is 11.8 Å². The Morgan fingerprint density at radius 1 is 1.14 bits per heavy atom. The lowest BCUT2D eigenvalue weighted by Gasteiger charge is -2.15. The van der Waals surface area contributed by atoms with Gasteiger partial charge in [-0.05, 0) is 51.1 Å². The Morgan fingerprint density at radius 2 is 1.93 bits per heavy atom. The molecule has 0 saturated heterocycles. The van der Waals surface area contributed by atoms with Crippen LogP contribution in [0.25, 0.3) is 17.1 Å². The number of amides is 1. The molecule has 6 nitrogen and oxygen atoms in total. The molecular weight excluding hydrogens is 417 g/mol. The highest BCUT2D eigenvalue weighted by atomic mass is 35.5. The largest absolute Gasteiger partial charge is 0.353 e. The molecule has 0 aliphatic carbocycles. The first-order valence-corrected chi connectivity index (χ1v) is 10.3. The molecule has 1 N–H and O–H groups in total. The van der Waals surface area contributed by atoms with Crippen LogP contribution in [-0.4, -0.2) is 36.9 Å². The molecule has 0 spiro atoms. The SMILES string of the molecule is CC(C)NC(=O)C(C)Sc1nnc(-c2cccnc2)n1-c1ccc(Cl)c(Cl)c1. The van der Waals surface area contributed by atoms with E-state index in [1.54, 1.807) is 24.5 Å². The van der Waals surface area contributed by atoms with Crippen LogP contribution in [0.4, 0.5) is 0 Å². The van der Waals surface area contributed by atoms with Gasteiger partial charge in [0, 0.05) is 24.0 Å². The summed E-state index contributed by atoms with van der Waals surface area (Å²) >= 11 is 13.6. The molecule has 0 bridgehead atoms. The van der Waals surface area contributed by atoms with E-state index in [4.69, 9.17) is 23.2 Å². The van der Waals surface area contributed by atoms with Crippen LogP contribution >= 0.6 is 35.0 Å². The normalized spacial score (nSPS) is 12.2. The van der Waals surface area contributed by atoms with Gasteiger partial charge in [-0.3, -0.25) is 14.3 Å². The topological polar surface area (TPSA) is 72.7 Å². The van der Waals surface area contributed by atoms with Gasteiger partial charge in [0.25, 0.3) is 0 Å².